The molecule has 0 saturated heterocycles. The van der Waals surface area contributed by atoms with Gasteiger partial charge in [0.2, 0.25) is 5.95 Å². The predicted molar refractivity (Wildman–Crippen MR) is 86.6 cm³/mol. The topological polar surface area (TPSA) is 29.9 Å². The lowest BCUT2D eigenvalue weighted by Crippen LogP contribution is -2.17. The van der Waals surface area contributed by atoms with Crippen molar-refractivity contribution in [3.05, 3.63) is 40.1 Å². The summed E-state index contributed by atoms with van der Waals surface area (Å²) in [5, 5.41) is 3.61. The third-order valence-electron chi connectivity index (χ3n) is 4.01. The Morgan fingerprint density at radius 2 is 2.00 bits per heavy atom. The van der Waals surface area contributed by atoms with Crippen LogP contribution in [-0.4, -0.2) is 15.6 Å². The molecule has 4 heteroatoms. The predicted octanol–water partition coefficient (Wildman–Crippen LogP) is 4.61. The Morgan fingerprint density at radius 3 is 2.75 bits per heavy atom. The minimum Gasteiger partial charge on any atom is -0.353 e. The van der Waals surface area contributed by atoms with Gasteiger partial charge in [0.25, 0.3) is 0 Å². The second-order valence-corrected chi connectivity index (χ2v) is 6.44. The number of hydrogen-bond donors (Lipinski definition) is 1. The van der Waals surface area contributed by atoms with Gasteiger partial charge in [-0.05, 0) is 44.4 Å². The summed E-state index contributed by atoms with van der Waals surface area (Å²) in [7, 11) is 0. The molecule has 3 rings (SSSR count). The summed E-state index contributed by atoms with van der Waals surface area (Å²) in [6.07, 6.45) is 7.26. The average molecular weight is 334 g/mol. The second kappa shape index (κ2) is 5.60. The van der Waals surface area contributed by atoms with Crippen molar-refractivity contribution in [3.8, 4) is 5.69 Å². The number of aromatic nitrogens is 2. The average Bonchev–Trinajstić information content (AvgIpc) is 3.03. The summed E-state index contributed by atoms with van der Waals surface area (Å²) in [6, 6.07) is 6.86. The number of hydrogen-bond acceptors (Lipinski definition) is 2. The number of nitrogens with zero attached hydrogens (tertiary/aromatic N) is 2. The number of aryl methyl sites for hydroxylation is 1. The van der Waals surface area contributed by atoms with Gasteiger partial charge < -0.3 is 5.32 Å². The standard InChI is InChI=1S/C16H20BrN3/c1-11-10-20(15-9-5-8-14(17)12(15)2)16(18-11)19-13-6-3-4-7-13/h5,8-10,13H,3-4,6-7H2,1-2H3,(H,18,19). The van der Waals surface area contributed by atoms with E-state index in [2.05, 4.69) is 62.1 Å². The molecule has 1 aromatic carbocycles. The number of imidazole rings is 1. The minimum absolute atomic E-state index is 0.572. The number of rotatable bonds is 3. The van der Waals surface area contributed by atoms with E-state index < -0.39 is 0 Å². The van der Waals surface area contributed by atoms with Gasteiger partial charge in [-0.25, -0.2) is 4.98 Å². The summed E-state index contributed by atoms with van der Waals surface area (Å²) in [5.41, 5.74) is 3.46. The third-order valence-corrected chi connectivity index (χ3v) is 4.87. The van der Waals surface area contributed by atoms with Gasteiger partial charge in [-0.15, -0.1) is 0 Å². The van der Waals surface area contributed by atoms with Crippen LogP contribution in [0.4, 0.5) is 5.95 Å². The van der Waals surface area contributed by atoms with Crippen LogP contribution in [0.15, 0.2) is 28.9 Å². The summed E-state index contributed by atoms with van der Waals surface area (Å²) >= 11 is 3.61. The maximum absolute atomic E-state index is 4.66. The third kappa shape index (κ3) is 2.62. The zero-order valence-electron chi connectivity index (χ0n) is 12.0. The fraction of sp³-hybridized carbons (Fsp3) is 0.438. The maximum atomic E-state index is 4.66. The van der Waals surface area contributed by atoms with Crippen molar-refractivity contribution in [1.29, 1.82) is 0 Å². The van der Waals surface area contributed by atoms with Gasteiger partial charge in [0, 0.05) is 16.7 Å². The molecule has 1 aliphatic rings. The molecule has 1 aromatic heterocycles. The summed E-state index contributed by atoms with van der Waals surface area (Å²) in [5.74, 6) is 0.968. The van der Waals surface area contributed by atoms with E-state index >= 15 is 0 Å². The van der Waals surface area contributed by atoms with Crippen molar-refractivity contribution in [2.75, 3.05) is 5.32 Å². The lowest BCUT2D eigenvalue weighted by atomic mass is 10.2. The first kappa shape index (κ1) is 13.7. The molecular formula is C16H20BrN3. The van der Waals surface area contributed by atoms with Gasteiger partial charge in [-0.2, -0.15) is 0 Å². The van der Waals surface area contributed by atoms with Gasteiger partial charge >= 0.3 is 0 Å². The van der Waals surface area contributed by atoms with Crippen LogP contribution in [0.25, 0.3) is 5.69 Å². The van der Waals surface area contributed by atoms with Gasteiger partial charge in [-0.1, -0.05) is 34.8 Å². The molecule has 0 unspecified atom stereocenters. The summed E-state index contributed by atoms with van der Waals surface area (Å²) in [6.45, 7) is 4.18. The Labute approximate surface area is 128 Å². The minimum atomic E-state index is 0.572. The van der Waals surface area contributed by atoms with Crippen LogP contribution in [0.2, 0.25) is 0 Å². The van der Waals surface area contributed by atoms with Crippen LogP contribution >= 0.6 is 15.9 Å². The van der Waals surface area contributed by atoms with Crippen molar-refractivity contribution in [1.82, 2.24) is 9.55 Å². The van der Waals surface area contributed by atoms with E-state index in [-0.39, 0.29) is 0 Å². The molecule has 0 atom stereocenters. The zero-order chi connectivity index (χ0) is 14.1. The maximum Gasteiger partial charge on any atom is 0.207 e. The van der Waals surface area contributed by atoms with Crippen LogP contribution in [0.3, 0.4) is 0 Å². The van der Waals surface area contributed by atoms with Crippen molar-refractivity contribution in [2.45, 2.75) is 45.6 Å². The molecule has 0 bridgehead atoms. The van der Waals surface area contributed by atoms with Crippen molar-refractivity contribution in [3.63, 3.8) is 0 Å². The van der Waals surface area contributed by atoms with Crippen molar-refractivity contribution in [2.24, 2.45) is 0 Å². The van der Waals surface area contributed by atoms with Gasteiger partial charge in [0.15, 0.2) is 0 Å². The molecular weight excluding hydrogens is 314 g/mol. The van der Waals surface area contributed by atoms with E-state index in [1.807, 2.05) is 6.92 Å². The Kier molecular flexibility index (Phi) is 3.83. The molecule has 3 nitrogen and oxygen atoms in total. The van der Waals surface area contributed by atoms with Crippen LogP contribution in [-0.2, 0) is 0 Å². The Bertz CT molecular complexity index is 612. The zero-order valence-corrected chi connectivity index (χ0v) is 13.6. The Hall–Kier alpha value is -1.29. The highest BCUT2D eigenvalue weighted by atomic mass is 79.9. The largest absolute Gasteiger partial charge is 0.353 e. The van der Waals surface area contributed by atoms with Crippen molar-refractivity contribution >= 4 is 21.9 Å². The van der Waals surface area contributed by atoms with Gasteiger partial charge in [0.05, 0.1) is 11.4 Å². The number of halogens is 1. The smallest absolute Gasteiger partial charge is 0.207 e. The van der Waals surface area contributed by atoms with Gasteiger partial charge in [-0.3, -0.25) is 4.57 Å². The first-order chi connectivity index (χ1) is 9.65. The highest BCUT2D eigenvalue weighted by Crippen LogP contribution is 2.27. The fourth-order valence-corrected chi connectivity index (χ4v) is 3.25. The van der Waals surface area contributed by atoms with E-state index in [9.17, 15) is 0 Å². The molecule has 20 heavy (non-hydrogen) atoms. The molecule has 0 spiro atoms. The molecule has 0 aliphatic heterocycles. The molecule has 0 radical (unpaired) electrons. The second-order valence-electron chi connectivity index (χ2n) is 5.59. The normalized spacial score (nSPS) is 15.8. The van der Waals surface area contributed by atoms with E-state index in [0.717, 1.165) is 16.1 Å². The van der Waals surface area contributed by atoms with Crippen LogP contribution < -0.4 is 5.32 Å². The lowest BCUT2D eigenvalue weighted by molar-refractivity contribution is 0.740. The van der Waals surface area contributed by atoms with Crippen LogP contribution in [0, 0.1) is 13.8 Å². The molecule has 1 fully saturated rings. The number of nitrogens with one attached hydrogen (secondary N) is 1. The SMILES string of the molecule is Cc1cn(-c2cccc(Br)c2C)c(NC2CCCC2)n1. The quantitative estimate of drug-likeness (QED) is 0.889. The summed E-state index contributed by atoms with van der Waals surface area (Å²) < 4.78 is 3.31. The monoisotopic (exact) mass is 333 g/mol. The molecule has 2 aromatic rings. The Morgan fingerprint density at radius 1 is 1.25 bits per heavy atom. The number of benzene rings is 1. The first-order valence-electron chi connectivity index (χ1n) is 7.23. The molecule has 1 saturated carbocycles. The molecule has 1 N–H and O–H groups in total. The lowest BCUT2D eigenvalue weighted by Gasteiger charge is -2.16. The number of anilines is 1. The summed E-state index contributed by atoms with van der Waals surface area (Å²) in [4.78, 5) is 4.66. The molecule has 106 valence electrons. The van der Waals surface area contributed by atoms with Crippen LogP contribution in [0.1, 0.15) is 36.9 Å². The highest BCUT2D eigenvalue weighted by molar-refractivity contribution is 9.10. The van der Waals surface area contributed by atoms with E-state index in [4.69, 9.17) is 0 Å². The molecule has 1 aliphatic carbocycles. The van der Waals surface area contributed by atoms with E-state index in [0.29, 0.717) is 6.04 Å². The fourth-order valence-electron chi connectivity index (χ4n) is 2.89. The van der Waals surface area contributed by atoms with E-state index in [1.165, 1.54) is 36.9 Å². The highest BCUT2D eigenvalue weighted by Gasteiger charge is 2.18. The first-order valence-corrected chi connectivity index (χ1v) is 8.02. The van der Waals surface area contributed by atoms with Crippen LogP contribution in [0.5, 0.6) is 0 Å². The Balaban J connectivity index is 1.98. The van der Waals surface area contributed by atoms with Gasteiger partial charge in [0.1, 0.15) is 0 Å². The van der Waals surface area contributed by atoms with E-state index in [1.54, 1.807) is 0 Å². The van der Waals surface area contributed by atoms with Crippen molar-refractivity contribution < 1.29 is 0 Å². The molecule has 0 amide bonds. The molecule has 1 heterocycles.